The number of pyridine rings is 1. The van der Waals surface area contributed by atoms with E-state index in [1.165, 1.54) is 6.07 Å². The van der Waals surface area contributed by atoms with Crippen molar-refractivity contribution in [1.82, 2.24) is 15.4 Å². The van der Waals surface area contributed by atoms with E-state index in [1.807, 2.05) is 13.8 Å². The van der Waals surface area contributed by atoms with Crippen molar-refractivity contribution in [2.45, 2.75) is 20.8 Å². The van der Waals surface area contributed by atoms with Crippen LogP contribution in [0.4, 0.5) is 15.8 Å². The molecule has 1 aliphatic heterocycles. The van der Waals surface area contributed by atoms with Gasteiger partial charge in [-0.1, -0.05) is 19.9 Å². The molecule has 8 nitrogen and oxygen atoms in total. The number of amides is 1. The number of aryl methyl sites for hydroxylation is 1. The van der Waals surface area contributed by atoms with Crippen LogP contribution in [0.3, 0.4) is 0 Å². The molecule has 0 atom stereocenters. The fraction of sp³-hybridized carbons (Fsp3) is 0.391. The van der Waals surface area contributed by atoms with Crippen molar-refractivity contribution in [3.05, 3.63) is 53.8 Å². The van der Waals surface area contributed by atoms with Crippen molar-refractivity contribution in [3.8, 4) is 0 Å². The summed E-state index contributed by atoms with van der Waals surface area (Å²) in [6, 6.07) is 6.44. The minimum atomic E-state index is -0.566. The summed E-state index contributed by atoms with van der Waals surface area (Å²) in [6.07, 6.45) is 3.12. The van der Waals surface area contributed by atoms with Gasteiger partial charge in [0.1, 0.15) is 17.1 Å². The molecule has 1 fully saturated rings. The van der Waals surface area contributed by atoms with Gasteiger partial charge in [-0.15, -0.1) is 0 Å². The number of hydrogen-bond acceptors (Lipinski definition) is 7. The minimum Gasteiger partial charge on any atom is -0.448 e. The molecule has 0 spiro atoms. The molecule has 1 amide bonds. The number of nitrogens with one attached hydrogen (secondary N) is 2. The second-order valence-corrected chi connectivity index (χ2v) is 7.02. The highest BCUT2D eigenvalue weighted by atomic mass is 19.1. The van der Waals surface area contributed by atoms with Crippen molar-refractivity contribution in [1.29, 1.82) is 0 Å². The second kappa shape index (κ2) is 11.6. The maximum atomic E-state index is 14.4. The van der Waals surface area contributed by atoms with Crippen LogP contribution >= 0.6 is 0 Å². The van der Waals surface area contributed by atoms with Gasteiger partial charge in [0.05, 0.1) is 30.9 Å². The standard InChI is InChI=1S/C21H23FN4O4.C2H6/c1-14-2-3-17(16(22)12-14)24-19-15-13-23-5-4-18(15)30-20(19)21(27)25-29-11-8-26-6-9-28-10-7-26;1-2/h2-5,12-13,24H,6-11H2,1H3,(H,25,27);1-2H3. The number of carbonyl (C=O) groups excluding carboxylic acids is 1. The second-order valence-electron chi connectivity index (χ2n) is 7.02. The lowest BCUT2D eigenvalue weighted by Gasteiger charge is -2.26. The van der Waals surface area contributed by atoms with E-state index in [-0.39, 0.29) is 11.4 Å². The quantitative estimate of drug-likeness (QED) is 0.420. The van der Waals surface area contributed by atoms with Gasteiger partial charge < -0.3 is 14.5 Å². The minimum absolute atomic E-state index is 0.00986. The maximum absolute atomic E-state index is 14.4. The van der Waals surface area contributed by atoms with Crippen LogP contribution in [0.25, 0.3) is 11.0 Å². The lowest BCUT2D eigenvalue weighted by atomic mass is 10.2. The number of benzene rings is 1. The van der Waals surface area contributed by atoms with Crippen molar-refractivity contribution in [2.24, 2.45) is 0 Å². The number of nitrogens with zero attached hydrogens (tertiary/aromatic N) is 2. The van der Waals surface area contributed by atoms with E-state index in [2.05, 4.69) is 20.7 Å². The normalized spacial score (nSPS) is 14.0. The number of morpholine rings is 1. The number of rotatable bonds is 7. The predicted molar refractivity (Wildman–Crippen MR) is 120 cm³/mol. The highest BCUT2D eigenvalue weighted by molar-refractivity contribution is 6.06. The zero-order valence-electron chi connectivity index (χ0n) is 18.6. The molecule has 32 heavy (non-hydrogen) atoms. The van der Waals surface area contributed by atoms with Gasteiger partial charge in [-0.2, -0.15) is 0 Å². The first kappa shape index (κ1) is 23.6. The van der Waals surface area contributed by atoms with Gasteiger partial charge in [0, 0.05) is 32.0 Å². The zero-order chi connectivity index (χ0) is 22.9. The summed E-state index contributed by atoms with van der Waals surface area (Å²) in [5.74, 6) is -1.01. The van der Waals surface area contributed by atoms with Crippen LogP contribution in [0.1, 0.15) is 30.0 Å². The Morgan fingerprint density at radius 2 is 2.03 bits per heavy atom. The Labute approximate surface area is 186 Å². The Hall–Kier alpha value is -3.01. The van der Waals surface area contributed by atoms with Gasteiger partial charge in [0.25, 0.3) is 0 Å². The third-order valence-electron chi connectivity index (χ3n) is 4.86. The fourth-order valence-corrected chi connectivity index (χ4v) is 3.24. The molecule has 1 aromatic carbocycles. The Morgan fingerprint density at radius 3 is 2.78 bits per heavy atom. The topological polar surface area (TPSA) is 88.9 Å². The van der Waals surface area contributed by atoms with Gasteiger partial charge in [0.2, 0.25) is 5.76 Å². The average molecular weight is 445 g/mol. The highest BCUT2D eigenvalue weighted by Crippen LogP contribution is 2.33. The maximum Gasteiger partial charge on any atom is 0.312 e. The summed E-state index contributed by atoms with van der Waals surface area (Å²) in [4.78, 5) is 24.3. The Bertz CT molecular complexity index is 1030. The summed E-state index contributed by atoms with van der Waals surface area (Å²) in [7, 11) is 0. The summed E-state index contributed by atoms with van der Waals surface area (Å²) >= 11 is 0. The molecule has 0 radical (unpaired) electrons. The van der Waals surface area contributed by atoms with Gasteiger partial charge in [-0.25, -0.2) is 9.87 Å². The molecule has 172 valence electrons. The molecule has 0 saturated carbocycles. The number of aromatic nitrogens is 1. The van der Waals surface area contributed by atoms with Crippen LogP contribution in [0.15, 0.2) is 41.1 Å². The Kier molecular flexibility index (Phi) is 8.55. The molecular formula is C23H29FN4O4. The van der Waals surface area contributed by atoms with Gasteiger partial charge >= 0.3 is 5.91 Å². The first-order valence-corrected chi connectivity index (χ1v) is 10.7. The molecule has 9 heteroatoms. The average Bonchev–Trinajstić information content (AvgIpc) is 3.19. The molecule has 3 aromatic rings. The third-order valence-corrected chi connectivity index (χ3v) is 4.86. The number of hydroxylamine groups is 1. The summed E-state index contributed by atoms with van der Waals surface area (Å²) in [5.41, 5.74) is 4.22. The smallest absolute Gasteiger partial charge is 0.312 e. The molecular weight excluding hydrogens is 415 g/mol. The number of hydrogen-bond donors (Lipinski definition) is 2. The van der Waals surface area contributed by atoms with Gasteiger partial charge in [-0.3, -0.25) is 19.5 Å². The van der Waals surface area contributed by atoms with Crippen LogP contribution in [0, 0.1) is 12.7 Å². The van der Waals surface area contributed by atoms with Crippen molar-refractivity contribution in [3.63, 3.8) is 0 Å². The number of fused-ring (bicyclic) bond motifs is 1. The van der Waals surface area contributed by atoms with E-state index in [0.29, 0.717) is 43.0 Å². The molecule has 2 aromatic heterocycles. The van der Waals surface area contributed by atoms with Gasteiger partial charge in [-0.05, 0) is 30.7 Å². The van der Waals surface area contributed by atoms with Crippen LogP contribution in [-0.2, 0) is 9.57 Å². The molecule has 1 saturated heterocycles. The van der Waals surface area contributed by atoms with Crippen molar-refractivity contribution < 1.29 is 23.2 Å². The molecule has 4 rings (SSSR count). The number of anilines is 2. The highest BCUT2D eigenvalue weighted by Gasteiger charge is 2.22. The van der Waals surface area contributed by atoms with Crippen LogP contribution in [0.2, 0.25) is 0 Å². The zero-order valence-corrected chi connectivity index (χ0v) is 18.6. The lowest BCUT2D eigenvalue weighted by molar-refractivity contribution is -0.00254. The molecule has 1 aliphatic rings. The van der Waals surface area contributed by atoms with E-state index in [9.17, 15) is 9.18 Å². The molecule has 0 aliphatic carbocycles. The first-order valence-electron chi connectivity index (χ1n) is 10.7. The summed E-state index contributed by atoms with van der Waals surface area (Å²) in [5, 5.41) is 3.53. The fourth-order valence-electron chi connectivity index (χ4n) is 3.24. The molecule has 0 unspecified atom stereocenters. The molecule has 2 N–H and O–H groups in total. The Balaban J connectivity index is 0.00000141. The third kappa shape index (κ3) is 5.82. The number of carbonyl (C=O) groups is 1. The van der Waals surface area contributed by atoms with E-state index in [4.69, 9.17) is 14.0 Å². The summed E-state index contributed by atoms with van der Waals surface area (Å²) < 4.78 is 25.4. The Morgan fingerprint density at radius 1 is 1.25 bits per heavy atom. The number of ether oxygens (including phenoxy) is 1. The van der Waals surface area contributed by atoms with Crippen molar-refractivity contribution in [2.75, 3.05) is 44.8 Å². The van der Waals surface area contributed by atoms with E-state index < -0.39 is 11.7 Å². The largest absolute Gasteiger partial charge is 0.448 e. The molecule has 0 bridgehead atoms. The SMILES string of the molecule is CC.Cc1ccc(Nc2c(C(=O)NOCCN3CCOCC3)oc3ccncc23)c(F)c1. The number of halogens is 1. The first-order chi connectivity index (χ1) is 15.6. The van der Waals surface area contributed by atoms with Crippen LogP contribution < -0.4 is 10.8 Å². The predicted octanol–water partition coefficient (Wildman–Crippen LogP) is 4.04. The lowest BCUT2D eigenvalue weighted by Crippen LogP contribution is -2.39. The van der Waals surface area contributed by atoms with Gasteiger partial charge in [0.15, 0.2) is 0 Å². The molecule has 3 heterocycles. The van der Waals surface area contributed by atoms with Crippen LogP contribution in [0.5, 0.6) is 0 Å². The van der Waals surface area contributed by atoms with E-state index in [0.717, 1.165) is 18.7 Å². The monoisotopic (exact) mass is 444 g/mol. The van der Waals surface area contributed by atoms with Crippen LogP contribution in [-0.4, -0.2) is 55.2 Å². The van der Waals surface area contributed by atoms with Crippen molar-refractivity contribution >= 4 is 28.3 Å². The summed E-state index contributed by atoms with van der Waals surface area (Å²) in [6.45, 7) is 9.87. The van der Waals surface area contributed by atoms with E-state index in [1.54, 1.807) is 37.5 Å². The number of furan rings is 1. The van der Waals surface area contributed by atoms with E-state index >= 15 is 0 Å².